The molecule has 1 heterocycles. The van der Waals surface area contributed by atoms with Crippen molar-refractivity contribution in [1.82, 2.24) is 5.43 Å². The van der Waals surface area contributed by atoms with Gasteiger partial charge in [0.1, 0.15) is 5.57 Å². The fourth-order valence-corrected chi connectivity index (χ4v) is 2.84. The first-order valence-electron chi connectivity index (χ1n) is 8.09. The lowest BCUT2D eigenvalue weighted by molar-refractivity contribution is -0.385. The Morgan fingerprint density at radius 1 is 1.28 bits per heavy atom. The molecule has 0 bridgehead atoms. The molecule has 148 valence electrons. The molecule has 11 heteroatoms. The molecule has 1 aliphatic heterocycles. The number of para-hydroxylation sites is 1. The Morgan fingerprint density at radius 3 is 2.59 bits per heavy atom. The van der Waals surface area contributed by atoms with E-state index in [2.05, 4.69) is 5.43 Å². The molecule has 0 aromatic heterocycles. The molecule has 1 saturated heterocycles. The van der Waals surface area contributed by atoms with Gasteiger partial charge < -0.3 is 10.5 Å². The minimum atomic E-state index is -0.863. The molecule has 0 spiro atoms. The van der Waals surface area contributed by atoms with Crippen molar-refractivity contribution in [2.75, 3.05) is 11.6 Å². The summed E-state index contributed by atoms with van der Waals surface area (Å²) in [4.78, 5) is 46.6. The van der Waals surface area contributed by atoms with E-state index in [4.69, 9.17) is 22.1 Å². The Balaban J connectivity index is 2.07. The number of ether oxygens (including phenoxy) is 1. The summed E-state index contributed by atoms with van der Waals surface area (Å²) in [6.45, 7) is -0.644. The van der Waals surface area contributed by atoms with Crippen LogP contribution < -0.4 is 20.9 Å². The summed E-state index contributed by atoms with van der Waals surface area (Å²) in [5.41, 5.74) is 7.00. The van der Waals surface area contributed by atoms with Crippen LogP contribution >= 0.6 is 11.6 Å². The number of halogens is 1. The van der Waals surface area contributed by atoms with Gasteiger partial charge >= 0.3 is 5.69 Å². The maximum absolute atomic E-state index is 12.7. The van der Waals surface area contributed by atoms with Crippen molar-refractivity contribution in [1.29, 1.82) is 0 Å². The van der Waals surface area contributed by atoms with Crippen molar-refractivity contribution in [3.8, 4) is 5.75 Å². The van der Waals surface area contributed by atoms with Gasteiger partial charge in [-0.2, -0.15) is 0 Å². The van der Waals surface area contributed by atoms with Gasteiger partial charge in [-0.15, -0.1) is 0 Å². The molecule has 10 nitrogen and oxygen atoms in total. The highest BCUT2D eigenvalue weighted by atomic mass is 35.5. The molecule has 2 aromatic carbocycles. The second kappa shape index (κ2) is 7.98. The standard InChI is InChI=1S/C18H13ClN4O6/c19-11-6-10(16(29-9-15(20)24)14(8-11)23(27)28)7-13-17(25)21-22(18(13)26)12-4-2-1-3-5-12/h1-8H,9H2,(H2,20,24)(H,21,25)/b13-7-. The van der Waals surface area contributed by atoms with Gasteiger partial charge in [0.2, 0.25) is 5.75 Å². The van der Waals surface area contributed by atoms with Crippen molar-refractivity contribution in [3.05, 3.63) is 68.7 Å². The van der Waals surface area contributed by atoms with Gasteiger partial charge in [-0.1, -0.05) is 29.8 Å². The first-order chi connectivity index (χ1) is 13.8. The highest BCUT2D eigenvalue weighted by molar-refractivity contribution is 6.32. The Kier molecular flexibility index (Phi) is 5.46. The SMILES string of the molecule is NC(=O)COc1c(/C=C2/C(=O)NN(c3ccccc3)C2=O)cc(Cl)cc1[N+](=O)[O-]. The Labute approximate surface area is 168 Å². The van der Waals surface area contributed by atoms with Crippen molar-refractivity contribution in [2.24, 2.45) is 5.73 Å². The predicted octanol–water partition coefficient (Wildman–Crippen LogP) is 1.57. The van der Waals surface area contributed by atoms with Crippen molar-refractivity contribution in [2.45, 2.75) is 0 Å². The second-order valence-corrected chi connectivity index (χ2v) is 6.27. The molecule has 0 unspecified atom stereocenters. The van der Waals surface area contributed by atoms with E-state index < -0.39 is 34.9 Å². The fraction of sp³-hybridized carbons (Fsp3) is 0.0556. The molecule has 1 fully saturated rings. The Morgan fingerprint density at radius 2 is 1.97 bits per heavy atom. The van der Waals surface area contributed by atoms with E-state index in [0.29, 0.717) is 5.69 Å². The van der Waals surface area contributed by atoms with E-state index in [9.17, 15) is 24.5 Å². The van der Waals surface area contributed by atoms with Crippen LogP contribution in [0.15, 0.2) is 48.0 Å². The van der Waals surface area contributed by atoms with Crippen LogP contribution in [0.2, 0.25) is 5.02 Å². The molecule has 0 saturated carbocycles. The van der Waals surface area contributed by atoms with E-state index in [1.54, 1.807) is 30.3 Å². The maximum Gasteiger partial charge on any atom is 0.313 e. The zero-order valence-corrected chi connectivity index (χ0v) is 15.4. The third kappa shape index (κ3) is 4.17. The van der Waals surface area contributed by atoms with Crippen LogP contribution in [0.5, 0.6) is 5.75 Å². The van der Waals surface area contributed by atoms with Crippen LogP contribution in [-0.4, -0.2) is 29.3 Å². The number of primary amides is 1. The molecule has 29 heavy (non-hydrogen) atoms. The number of benzene rings is 2. The van der Waals surface area contributed by atoms with Crippen LogP contribution in [0.1, 0.15) is 5.56 Å². The topological polar surface area (TPSA) is 145 Å². The number of carbonyl (C=O) groups is 3. The number of anilines is 1. The van der Waals surface area contributed by atoms with Gasteiger partial charge in [0.15, 0.2) is 6.61 Å². The van der Waals surface area contributed by atoms with Gasteiger partial charge in [0.05, 0.1) is 10.6 Å². The molecule has 2 aromatic rings. The number of amides is 3. The summed E-state index contributed by atoms with van der Waals surface area (Å²) in [6, 6.07) is 10.6. The normalized spacial score (nSPS) is 14.8. The molecule has 0 radical (unpaired) electrons. The van der Waals surface area contributed by atoms with Crippen LogP contribution in [0.4, 0.5) is 11.4 Å². The zero-order chi connectivity index (χ0) is 21.1. The van der Waals surface area contributed by atoms with E-state index in [1.165, 1.54) is 6.07 Å². The van der Waals surface area contributed by atoms with E-state index in [-0.39, 0.29) is 21.9 Å². The lowest BCUT2D eigenvalue weighted by atomic mass is 10.1. The number of hydrogen-bond acceptors (Lipinski definition) is 6. The van der Waals surface area contributed by atoms with Gasteiger partial charge in [-0.05, 0) is 24.3 Å². The second-order valence-electron chi connectivity index (χ2n) is 5.83. The largest absolute Gasteiger partial charge is 0.476 e. The van der Waals surface area contributed by atoms with Crippen LogP contribution in [0, 0.1) is 10.1 Å². The average Bonchev–Trinajstić information content (AvgIpc) is 2.95. The molecule has 1 aliphatic rings. The number of nitrogens with two attached hydrogens (primary N) is 1. The zero-order valence-electron chi connectivity index (χ0n) is 14.6. The molecule has 3 amide bonds. The molecule has 0 aliphatic carbocycles. The van der Waals surface area contributed by atoms with E-state index >= 15 is 0 Å². The summed E-state index contributed by atoms with van der Waals surface area (Å²) in [6.07, 6.45) is 1.11. The number of hydrazine groups is 1. The summed E-state index contributed by atoms with van der Waals surface area (Å²) in [5.74, 6) is -2.60. The first-order valence-corrected chi connectivity index (χ1v) is 8.47. The van der Waals surface area contributed by atoms with Crippen LogP contribution in [0.3, 0.4) is 0 Å². The van der Waals surface area contributed by atoms with Crippen molar-refractivity contribution < 1.29 is 24.0 Å². The first kappa shape index (κ1) is 19.8. The summed E-state index contributed by atoms with van der Waals surface area (Å²) >= 11 is 5.93. The third-order valence-electron chi connectivity index (χ3n) is 3.82. The maximum atomic E-state index is 12.7. The summed E-state index contributed by atoms with van der Waals surface area (Å²) in [5, 5.41) is 12.4. The minimum Gasteiger partial charge on any atom is -0.476 e. The summed E-state index contributed by atoms with van der Waals surface area (Å²) < 4.78 is 5.16. The summed E-state index contributed by atoms with van der Waals surface area (Å²) in [7, 11) is 0. The van der Waals surface area contributed by atoms with E-state index in [1.807, 2.05) is 0 Å². The third-order valence-corrected chi connectivity index (χ3v) is 4.04. The number of carbonyl (C=O) groups excluding carboxylic acids is 3. The van der Waals surface area contributed by atoms with Crippen molar-refractivity contribution in [3.63, 3.8) is 0 Å². The average molecular weight is 417 g/mol. The quantitative estimate of drug-likeness (QED) is 0.316. The van der Waals surface area contributed by atoms with Crippen LogP contribution in [-0.2, 0) is 14.4 Å². The highest BCUT2D eigenvalue weighted by Crippen LogP contribution is 2.36. The molecule has 0 atom stereocenters. The Bertz CT molecular complexity index is 1050. The monoisotopic (exact) mass is 416 g/mol. The van der Waals surface area contributed by atoms with Crippen molar-refractivity contribution >= 4 is 46.8 Å². The minimum absolute atomic E-state index is 0.0271. The number of nitrogens with one attached hydrogen (secondary N) is 1. The van der Waals surface area contributed by atoms with Crippen LogP contribution in [0.25, 0.3) is 6.08 Å². The fourth-order valence-electron chi connectivity index (χ4n) is 2.61. The molecule has 3 rings (SSSR count). The van der Waals surface area contributed by atoms with Gasteiger partial charge in [0, 0.05) is 16.7 Å². The number of nitro benzene ring substituents is 1. The smallest absolute Gasteiger partial charge is 0.313 e. The van der Waals surface area contributed by atoms with E-state index in [0.717, 1.165) is 17.2 Å². The number of rotatable bonds is 6. The molecular formula is C18H13ClN4O6. The predicted molar refractivity (Wildman–Crippen MR) is 103 cm³/mol. The van der Waals surface area contributed by atoms with Gasteiger partial charge in [-0.25, -0.2) is 5.01 Å². The molecular weight excluding hydrogens is 404 g/mol. The molecule has 3 N–H and O–H groups in total. The number of nitro groups is 1. The number of nitrogens with zero attached hydrogens (tertiary/aromatic N) is 2. The van der Waals surface area contributed by atoms with Gasteiger partial charge in [-0.3, -0.25) is 29.9 Å². The number of hydrogen-bond donors (Lipinski definition) is 2. The Hall–Kier alpha value is -3.92. The lowest BCUT2D eigenvalue weighted by Gasteiger charge is -2.14. The van der Waals surface area contributed by atoms with Gasteiger partial charge in [0.25, 0.3) is 17.7 Å². The lowest BCUT2D eigenvalue weighted by Crippen LogP contribution is -2.35. The highest BCUT2D eigenvalue weighted by Gasteiger charge is 2.35.